The Hall–Kier alpha value is -2.25. The van der Waals surface area contributed by atoms with Gasteiger partial charge in [-0.3, -0.25) is 4.98 Å². The second-order valence-corrected chi connectivity index (χ2v) is 5.94. The van der Waals surface area contributed by atoms with Crippen molar-refractivity contribution in [1.82, 2.24) is 14.6 Å². The van der Waals surface area contributed by atoms with E-state index in [4.69, 9.17) is 0 Å². The van der Waals surface area contributed by atoms with Crippen LogP contribution in [0.25, 0.3) is 16.6 Å². The Morgan fingerprint density at radius 1 is 1.35 bits per heavy atom. The zero-order valence-electron chi connectivity index (χ0n) is 12.3. The number of rotatable bonds is 4. The Labute approximate surface area is 140 Å². The van der Waals surface area contributed by atoms with Crippen molar-refractivity contribution in [2.45, 2.75) is 20.0 Å². The predicted octanol–water partition coefficient (Wildman–Crippen LogP) is 2.91. The van der Waals surface area contributed by atoms with Crippen LogP contribution in [-0.4, -0.2) is 30.8 Å². The maximum atomic E-state index is 11.8. The molecule has 0 unspecified atom stereocenters. The normalized spacial score (nSPS) is 11.1. The maximum Gasteiger partial charge on any atom is 0.338 e. The standard InChI is InChI=1S/C16H14BrN3O3/c1-2-11-3-4-13-14(9-5-10(17)7-18-6-9)15(16(22)23)12(8-21)19-20(11)13/h3-7,21H,2,8H2,1H3,(H,22,23). The smallest absolute Gasteiger partial charge is 0.338 e. The fourth-order valence-electron chi connectivity index (χ4n) is 2.67. The van der Waals surface area contributed by atoms with Crippen molar-refractivity contribution in [1.29, 1.82) is 0 Å². The van der Waals surface area contributed by atoms with Gasteiger partial charge < -0.3 is 10.2 Å². The number of fused-ring (bicyclic) bond motifs is 1. The van der Waals surface area contributed by atoms with Gasteiger partial charge >= 0.3 is 5.97 Å². The van der Waals surface area contributed by atoms with Gasteiger partial charge in [-0.05, 0) is 40.5 Å². The van der Waals surface area contributed by atoms with Crippen molar-refractivity contribution in [3.05, 3.63) is 52.0 Å². The highest BCUT2D eigenvalue weighted by atomic mass is 79.9. The number of aliphatic hydroxyl groups excluding tert-OH is 1. The van der Waals surface area contributed by atoms with Gasteiger partial charge in [-0.25, -0.2) is 9.31 Å². The Morgan fingerprint density at radius 3 is 2.74 bits per heavy atom. The van der Waals surface area contributed by atoms with Crippen LogP contribution in [0.3, 0.4) is 0 Å². The van der Waals surface area contributed by atoms with Crippen LogP contribution in [0, 0.1) is 0 Å². The zero-order valence-corrected chi connectivity index (χ0v) is 13.9. The summed E-state index contributed by atoms with van der Waals surface area (Å²) in [6.07, 6.45) is 3.98. The van der Waals surface area contributed by atoms with E-state index < -0.39 is 12.6 Å². The molecular formula is C16H14BrN3O3. The lowest BCUT2D eigenvalue weighted by Gasteiger charge is -2.13. The molecule has 7 heteroatoms. The number of carboxylic acids is 1. The summed E-state index contributed by atoms with van der Waals surface area (Å²) in [6, 6.07) is 5.55. The third-order valence-corrected chi connectivity index (χ3v) is 4.10. The molecule has 118 valence electrons. The molecule has 0 aliphatic rings. The van der Waals surface area contributed by atoms with Crippen LogP contribution in [0.4, 0.5) is 0 Å². The first kappa shape index (κ1) is 15.6. The van der Waals surface area contributed by atoms with E-state index in [-0.39, 0.29) is 11.3 Å². The molecule has 3 aromatic heterocycles. The minimum Gasteiger partial charge on any atom is -0.478 e. The molecule has 0 saturated heterocycles. The third-order valence-electron chi connectivity index (χ3n) is 3.67. The fraction of sp³-hybridized carbons (Fsp3) is 0.188. The number of aryl methyl sites for hydroxylation is 1. The number of aliphatic hydroxyl groups is 1. The molecule has 0 aliphatic heterocycles. The highest BCUT2D eigenvalue weighted by Crippen LogP contribution is 2.32. The van der Waals surface area contributed by atoms with E-state index in [1.807, 2.05) is 19.1 Å². The summed E-state index contributed by atoms with van der Waals surface area (Å²) < 4.78 is 2.43. The summed E-state index contributed by atoms with van der Waals surface area (Å²) in [7, 11) is 0. The third kappa shape index (κ3) is 2.62. The Morgan fingerprint density at radius 2 is 2.13 bits per heavy atom. The van der Waals surface area contributed by atoms with Crippen LogP contribution < -0.4 is 0 Å². The van der Waals surface area contributed by atoms with Gasteiger partial charge in [-0.1, -0.05) is 6.92 Å². The highest BCUT2D eigenvalue weighted by Gasteiger charge is 2.23. The van der Waals surface area contributed by atoms with Crippen LogP contribution >= 0.6 is 15.9 Å². The van der Waals surface area contributed by atoms with Crippen molar-refractivity contribution < 1.29 is 15.0 Å². The summed E-state index contributed by atoms with van der Waals surface area (Å²) in [5.41, 5.74) is 2.91. The molecule has 0 radical (unpaired) electrons. The molecule has 0 amide bonds. The van der Waals surface area contributed by atoms with Crippen molar-refractivity contribution in [3.8, 4) is 11.1 Å². The molecule has 2 N–H and O–H groups in total. The minimum atomic E-state index is -1.13. The van der Waals surface area contributed by atoms with Gasteiger partial charge in [-0.2, -0.15) is 5.10 Å². The Balaban J connectivity index is 2.47. The Bertz CT molecular complexity index is 905. The van der Waals surface area contributed by atoms with Crippen molar-refractivity contribution in [2.75, 3.05) is 0 Å². The largest absolute Gasteiger partial charge is 0.478 e. The molecule has 3 heterocycles. The topological polar surface area (TPSA) is 87.7 Å². The van der Waals surface area contributed by atoms with Gasteiger partial charge in [0.2, 0.25) is 0 Å². The van der Waals surface area contributed by atoms with Crippen LogP contribution in [-0.2, 0) is 13.0 Å². The summed E-state index contributed by atoms with van der Waals surface area (Å²) in [6.45, 7) is 1.54. The van der Waals surface area contributed by atoms with Crippen LogP contribution in [0.1, 0.15) is 28.7 Å². The van der Waals surface area contributed by atoms with Crippen molar-refractivity contribution in [2.24, 2.45) is 0 Å². The van der Waals surface area contributed by atoms with E-state index in [9.17, 15) is 15.0 Å². The maximum absolute atomic E-state index is 11.8. The summed E-state index contributed by atoms with van der Waals surface area (Å²) >= 11 is 3.36. The van der Waals surface area contributed by atoms with Gasteiger partial charge in [0.15, 0.2) is 0 Å². The monoisotopic (exact) mass is 375 g/mol. The summed E-state index contributed by atoms with van der Waals surface area (Å²) in [5.74, 6) is -1.13. The lowest BCUT2D eigenvalue weighted by atomic mass is 10.00. The lowest BCUT2D eigenvalue weighted by Crippen LogP contribution is -2.12. The molecule has 0 spiro atoms. The van der Waals surface area contributed by atoms with Gasteiger partial charge in [-0.15, -0.1) is 0 Å². The predicted molar refractivity (Wildman–Crippen MR) is 88.4 cm³/mol. The first-order valence-electron chi connectivity index (χ1n) is 7.05. The van der Waals surface area contributed by atoms with E-state index in [1.165, 1.54) is 0 Å². The molecule has 0 atom stereocenters. The zero-order chi connectivity index (χ0) is 16.6. The second kappa shape index (κ2) is 6.10. The minimum absolute atomic E-state index is 0.000605. The number of hydrogen-bond donors (Lipinski definition) is 2. The lowest BCUT2D eigenvalue weighted by molar-refractivity contribution is 0.0693. The van der Waals surface area contributed by atoms with E-state index in [0.29, 0.717) is 16.6 Å². The number of pyridine rings is 1. The SMILES string of the molecule is CCc1ccc2c(-c3cncc(Br)c3)c(C(=O)O)c(CO)nn12. The number of carboxylic acid groups (broad SMARTS) is 1. The molecule has 0 saturated carbocycles. The van der Waals surface area contributed by atoms with Gasteiger partial charge in [0, 0.05) is 33.7 Å². The number of aromatic carboxylic acids is 1. The van der Waals surface area contributed by atoms with Crippen LogP contribution in [0.2, 0.25) is 0 Å². The number of hydrogen-bond acceptors (Lipinski definition) is 4. The van der Waals surface area contributed by atoms with Gasteiger partial charge in [0.1, 0.15) is 5.69 Å². The van der Waals surface area contributed by atoms with Gasteiger partial charge in [0.25, 0.3) is 0 Å². The molecular weight excluding hydrogens is 362 g/mol. The average Bonchev–Trinajstić information content (AvgIpc) is 2.95. The molecule has 0 bridgehead atoms. The summed E-state index contributed by atoms with van der Waals surface area (Å²) in [4.78, 5) is 15.9. The highest BCUT2D eigenvalue weighted by molar-refractivity contribution is 9.10. The molecule has 0 fully saturated rings. The van der Waals surface area contributed by atoms with E-state index >= 15 is 0 Å². The van der Waals surface area contributed by atoms with Crippen molar-refractivity contribution in [3.63, 3.8) is 0 Å². The second-order valence-electron chi connectivity index (χ2n) is 5.03. The molecule has 6 nitrogen and oxygen atoms in total. The quantitative estimate of drug-likeness (QED) is 0.731. The number of nitrogens with zero attached hydrogens (tertiary/aromatic N) is 3. The number of halogens is 1. The van der Waals surface area contributed by atoms with Crippen LogP contribution in [0.15, 0.2) is 35.1 Å². The van der Waals surface area contributed by atoms with E-state index in [0.717, 1.165) is 16.6 Å². The van der Waals surface area contributed by atoms with Crippen LogP contribution in [0.5, 0.6) is 0 Å². The average molecular weight is 376 g/mol. The summed E-state index contributed by atoms with van der Waals surface area (Å²) in [5, 5.41) is 23.5. The molecule has 0 aromatic carbocycles. The molecule has 0 aliphatic carbocycles. The number of carbonyl (C=O) groups is 1. The molecule has 23 heavy (non-hydrogen) atoms. The van der Waals surface area contributed by atoms with E-state index in [1.54, 1.807) is 23.0 Å². The number of aromatic nitrogens is 3. The van der Waals surface area contributed by atoms with E-state index in [2.05, 4.69) is 26.0 Å². The molecule has 3 rings (SSSR count). The first-order valence-corrected chi connectivity index (χ1v) is 7.84. The fourth-order valence-corrected chi connectivity index (χ4v) is 3.04. The molecule has 3 aromatic rings. The first-order chi connectivity index (χ1) is 11.1. The van der Waals surface area contributed by atoms with Gasteiger partial charge in [0.05, 0.1) is 17.7 Å². The van der Waals surface area contributed by atoms with Crippen molar-refractivity contribution >= 4 is 27.4 Å². The Kier molecular flexibility index (Phi) is 4.14.